The van der Waals surface area contributed by atoms with Gasteiger partial charge in [-0.3, -0.25) is 4.79 Å². The smallest absolute Gasteiger partial charge is 0.318 e. The minimum absolute atomic E-state index is 0.0874. The number of aryl methyl sites for hydroxylation is 1. The molecule has 0 bridgehead atoms. The molecule has 0 aliphatic carbocycles. The van der Waals surface area contributed by atoms with Crippen molar-refractivity contribution >= 4 is 12.0 Å². The van der Waals surface area contributed by atoms with Crippen molar-refractivity contribution in [2.45, 2.75) is 45.7 Å². The SMILES string of the molecule is CCc1cnc(CNC(=O)N2CCC(C(=O)O)CC2C)o1. The van der Waals surface area contributed by atoms with Crippen molar-refractivity contribution in [3.05, 3.63) is 17.8 Å². The zero-order valence-corrected chi connectivity index (χ0v) is 12.3. The van der Waals surface area contributed by atoms with E-state index in [1.165, 1.54) is 0 Å². The molecule has 2 heterocycles. The lowest BCUT2D eigenvalue weighted by molar-refractivity contribution is -0.143. The number of rotatable bonds is 4. The van der Waals surface area contributed by atoms with Gasteiger partial charge in [-0.2, -0.15) is 0 Å². The number of hydrogen-bond acceptors (Lipinski definition) is 4. The molecular formula is C14H21N3O4. The first kappa shape index (κ1) is 15.3. The fraction of sp³-hybridized carbons (Fsp3) is 0.643. The molecule has 1 aromatic heterocycles. The lowest BCUT2D eigenvalue weighted by atomic mass is 9.92. The van der Waals surface area contributed by atoms with Crippen molar-refractivity contribution in [2.75, 3.05) is 6.54 Å². The van der Waals surface area contributed by atoms with Crippen LogP contribution < -0.4 is 5.32 Å². The molecule has 0 spiro atoms. The second kappa shape index (κ2) is 6.60. The zero-order chi connectivity index (χ0) is 15.4. The highest BCUT2D eigenvalue weighted by Crippen LogP contribution is 2.23. The number of likely N-dealkylation sites (tertiary alicyclic amines) is 1. The highest BCUT2D eigenvalue weighted by atomic mass is 16.4. The number of piperidine rings is 1. The molecule has 0 aromatic carbocycles. The Morgan fingerprint density at radius 1 is 1.57 bits per heavy atom. The Morgan fingerprint density at radius 2 is 2.33 bits per heavy atom. The monoisotopic (exact) mass is 295 g/mol. The topological polar surface area (TPSA) is 95.7 Å². The van der Waals surface area contributed by atoms with Crippen LogP contribution in [-0.2, 0) is 17.8 Å². The summed E-state index contributed by atoms with van der Waals surface area (Å²) >= 11 is 0. The summed E-state index contributed by atoms with van der Waals surface area (Å²) in [4.78, 5) is 28.9. The van der Waals surface area contributed by atoms with Crippen molar-refractivity contribution in [1.29, 1.82) is 0 Å². The van der Waals surface area contributed by atoms with Gasteiger partial charge < -0.3 is 19.7 Å². The van der Waals surface area contributed by atoms with Gasteiger partial charge >= 0.3 is 12.0 Å². The Morgan fingerprint density at radius 3 is 2.90 bits per heavy atom. The summed E-state index contributed by atoms with van der Waals surface area (Å²) in [6, 6.07) is -0.293. The molecule has 21 heavy (non-hydrogen) atoms. The first-order valence-corrected chi connectivity index (χ1v) is 7.22. The van der Waals surface area contributed by atoms with Gasteiger partial charge in [-0.05, 0) is 19.8 Å². The third-order valence-corrected chi connectivity index (χ3v) is 3.83. The van der Waals surface area contributed by atoms with E-state index < -0.39 is 5.97 Å². The Labute approximate surface area is 123 Å². The predicted molar refractivity (Wildman–Crippen MR) is 74.6 cm³/mol. The van der Waals surface area contributed by atoms with E-state index in [-0.39, 0.29) is 24.5 Å². The van der Waals surface area contributed by atoms with E-state index in [9.17, 15) is 9.59 Å². The van der Waals surface area contributed by atoms with Crippen molar-refractivity contribution in [2.24, 2.45) is 5.92 Å². The first-order chi connectivity index (χ1) is 10.0. The van der Waals surface area contributed by atoms with E-state index in [0.29, 0.717) is 25.3 Å². The average molecular weight is 295 g/mol. The van der Waals surface area contributed by atoms with Gasteiger partial charge in [0.15, 0.2) is 0 Å². The summed E-state index contributed by atoms with van der Waals surface area (Å²) in [5.74, 6) is 0.125. The van der Waals surface area contributed by atoms with Crippen molar-refractivity contribution in [1.82, 2.24) is 15.2 Å². The number of carbonyl (C=O) groups excluding carboxylic acids is 1. The third kappa shape index (κ3) is 3.74. The molecule has 1 aromatic rings. The second-order valence-electron chi connectivity index (χ2n) is 5.33. The van der Waals surface area contributed by atoms with Gasteiger partial charge in [-0.1, -0.05) is 6.92 Å². The van der Waals surface area contributed by atoms with Crippen LogP contribution in [0, 0.1) is 5.92 Å². The van der Waals surface area contributed by atoms with Crippen LogP contribution in [0.15, 0.2) is 10.6 Å². The molecular weight excluding hydrogens is 274 g/mol. The molecule has 1 saturated heterocycles. The van der Waals surface area contributed by atoms with Gasteiger partial charge in [0, 0.05) is 19.0 Å². The number of hydrogen-bond donors (Lipinski definition) is 2. The average Bonchev–Trinajstić information content (AvgIpc) is 2.92. The minimum atomic E-state index is -0.784. The molecule has 7 heteroatoms. The molecule has 2 N–H and O–H groups in total. The van der Waals surface area contributed by atoms with Crippen LogP contribution in [0.1, 0.15) is 38.3 Å². The fourth-order valence-electron chi connectivity index (χ4n) is 2.54. The molecule has 1 fully saturated rings. The molecule has 1 aliphatic heterocycles. The van der Waals surface area contributed by atoms with Crippen LogP contribution >= 0.6 is 0 Å². The number of nitrogens with zero attached hydrogens (tertiary/aromatic N) is 2. The van der Waals surface area contributed by atoms with Gasteiger partial charge in [-0.15, -0.1) is 0 Å². The number of aromatic nitrogens is 1. The Kier molecular flexibility index (Phi) is 4.82. The number of carboxylic acid groups (broad SMARTS) is 1. The van der Waals surface area contributed by atoms with E-state index in [1.807, 2.05) is 13.8 Å². The molecule has 1 aliphatic rings. The number of oxazole rings is 1. The number of carbonyl (C=O) groups is 2. The zero-order valence-electron chi connectivity index (χ0n) is 12.3. The summed E-state index contributed by atoms with van der Waals surface area (Å²) in [5, 5.41) is 11.8. The van der Waals surface area contributed by atoms with Crippen LogP contribution in [0.25, 0.3) is 0 Å². The van der Waals surface area contributed by atoms with Crippen LogP contribution in [-0.4, -0.2) is 39.6 Å². The molecule has 7 nitrogen and oxygen atoms in total. The summed E-state index contributed by atoms with van der Waals surface area (Å²) in [6.07, 6.45) is 3.40. The molecule has 2 amide bonds. The standard InChI is InChI=1S/C14H21N3O4/c1-3-11-7-15-12(21-11)8-16-14(20)17-5-4-10(13(18)19)6-9(17)2/h7,9-10H,3-6,8H2,1-2H3,(H,16,20)(H,18,19). The minimum Gasteiger partial charge on any atom is -0.481 e. The highest BCUT2D eigenvalue weighted by molar-refractivity contribution is 5.75. The summed E-state index contributed by atoms with van der Waals surface area (Å²) < 4.78 is 5.42. The number of nitrogens with one attached hydrogen (secondary N) is 1. The van der Waals surface area contributed by atoms with Crippen LogP contribution in [0.2, 0.25) is 0 Å². The lowest BCUT2D eigenvalue weighted by Crippen LogP contribution is -2.50. The Hall–Kier alpha value is -2.05. The largest absolute Gasteiger partial charge is 0.481 e. The number of urea groups is 1. The normalized spacial score (nSPS) is 22.1. The lowest BCUT2D eigenvalue weighted by Gasteiger charge is -2.36. The van der Waals surface area contributed by atoms with Gasteiger partial charge in [0.05, 0.1) is 18.7 Å². The van der Waals surface area contributed by atoms with Crippen molar-refractivity contribution in [3.63, 3.8) is 0 Å². The van der Waals surface area contributed by atoms with E-state index >= 15 is 0 Å². The Bertz CT molecular complexity index is 514. The maximum Gasteiger partial charge on any atom is 0.318 e. The van der Waals surface area contributed by atoms with Crippen LogP contribution in [0.3, 0.4) is 0 Å². The van der Waals surface area contributed by atoms with Gasteiger partial charge in [-0.25, -0.2) is 9.78 Å². The number of carboxylic acids is 1. The van der Waals surface area contributed by atoms with Crippen molar-refractivity contribution in [3.8, 4) is 0 Å². The molecule has 0 radical (unpaired) electrons. The van der Waals surface area contributed by atoms with E-state index in [2.05, 4.69) is 10.3 Å². The molecule has 2 atom stereocenters. The summed E-state index contributed by atoms with van der Waals surface area (Å²) in [7, 11) is 0. The van der Waals surface area contributed by atoms with E-state index in [0.717, 1.165) is 12.2 Å². The molecule has 116 valence electrons. The third-order valence-electron chi connectivity index (χ3n) is 3.83. The quantitative estimate of drug-likeness (QED) is 0.880. The molecule has 2 rings (SSSR count). The molecule has 2 unspecified atom stereocenters. The van der Waals surface area contributed by atoms with Gasteiger partial charge in [0.1, 0.15) is 5.76 Å². The van der Waals surface area contributed by atoms with Crippen LogP contribution in [0.4, 0.5) is 4.79 Å². The van der Waals surface area contributed by atoms with Gasteiger partial charge in [0.2, 0.25) is 5.89 Å². The summed E-state index contributed by atoms with van der Waals surface area (Å²) in [5.41, 5.74) is 0. The summed E-state index contributed by atoms with van der Waals surface area (Å²) in [6.45, 7) is 4.53. The van der Waals surface area contributed by atoms with E-state index in [4.69, 9.17) is 9.52 Å². The second-order valence-corrected chi connectivity index (χ2v) is 5.33. The van der Waals surface area contributed by atoms with E-state index in [1.54, 1.807) is 11.1 Å². The maximum absolute atomic E-state index is 12.1. The number of amides is 2. The van der Waals surface area contributed by atoms with Crippen LogP contribution in [0.5, 0.6) is 0 Å². The first-order valence-electron chi connectivity index (χ1n) is 7.22. The molecule has 0 saturated carbocycles. The number of aliphatic carboxylic acids is 1. The maximum atomic E-state index is 12.1. The van der Waals surface area contributed by atoms with Crippen molar-refractivity contribution < 1.29 is 19.1 Å². The fourth-order valence-corrected chi connectivity index (χ4v) is 2.54. The highest BCUT2D eigenvalue weighted by Gasteiger charge is 2.32. The predicted octanol–water partition coefficient (Wildman–Crippen LogP) is 1.63. The Balaban J connectivity index is 1.84. The van der Waals surface area contributed by atoms with Gasteiger partial charge in [0.25, 0.3) is 0 Å².